The Kier molecular flexibility index (Phi) is 3.91. The number of anilines is 2. The molecular formula is C13H14N4OS. The zero-order valence-corrected chi connectivity index (χ0v) is 11.2. The Morgan fingerprint density at radius 3 is 2.79 bits per heavy atom. The average Bonchev–Trinajstić information content (AvgIpc) is 2.39. The van der Waals surface area contributed by atoms with Gasteiger partial charge < -0.3 is 16.2 Å². The highest BCUT2D eigenvalue weighted by atomic mass is 32.2. The van der Waals surface area contributed by atoms with Gasteiger partial charge in [0.2, 0.25) is 0 Å². The van der Waals surface area contributed by atoms with Crippen molar-refractivity contribution >= 4 is 29.4 Å². The number of carbonyl (C=O) groups excluding carboxylic acids is 1. The highest BCUT2D eigenvalue weighted by Gasteiger charge is 2.09. The first kappa shape index (κ1) is 13.2. The molecule has 0 aliphatic heterocycles. The lowest BCUT2D eigenvalue weighted by molar-refractivity contribution is 0.100. The number of carbonyl (C=O) groups is 1. The van der Waals surface area contributed by atoms with Crippen molar-refractivity contribution in [1.29, 1.82) is 0 Å². The normalized spacial score (nSPS) is 10.2. The number of rotatable bonds is 4. The molecule has 0 atom stereocenters. The summed E-state index contributed by atoms with van der Waals surface area (Å²) in [6.45, 7) is 0. The van der Waals surface area contributed by atoms with Crippen molar-refractivity contribution in [3.63, 3.8) is 0 Å². The van der Waals surface area contributed by atoms with Crippen LogP contribution in [-0.4, -0.2) is 17.1 Å². The summed E-state index contributed by atoms with van der Waals surface area (Å²) in [6.07, 6.45) is 3.57. The lowest BCUT2D eigenvalue weighted by Gasteiger charge is -2.08. The maximum Gasteiger partial charge on any atom is 0.252 e. The van der Waals surface area contributed by atoms with Crippen LogP contribution in [0.4, 0.5) is 11.5 Å². The fourth-order valence-electron chi connectivity index (χ4n) is 1.71. The lowest BCUT2D eigenvalue weighted by atomic mass is 10.0. The van der Waals surface area contributed by atoms with Crippen molar-refractivity contribution < 1.29 is 4.79 Å². The Morgan fingerprint density at radius 2 is 2.11 bits per heavy atom. The molecule has 1 amide bonds. The standard InChI is InChI=1S/C13H14N4OS/c1-19-17-10-4-2-3-8(5-10)9-6-11(13(15)18)12(14)16-7-9/h2-7,17H,1H3,(H2,14,16)(H2,15,18). The molecule has 6 heteroatoms. The zero-order chi connectivity index (χ0) is 13.8. The van der Waals surface area contributed by atoms with E-state index in [1.807, 2.05) is 30.5 Å². The molecule has 1 aromatic heterocycles. The number of hydrogen-bond donors (Lipinski definition) is 3. The molecule has 0 saturated heterocycles. The summed E-state index contributed by atoms with van der Waals surface area (Å²) in [5.41, 5.74) is 13.8. The van der Waals surface area contributed by atoms with Crippen molar-refractivity contribution in [2.75, 3.05) is 16.7 Å². The number of nitrogens with zero attached hydrogens (tertiary/aromatic N) is 1. The van der Waals surface area contributed by atoms with E-state index < -0.39 is 5.91 Å². The summed E-state index contributed by atoms with van der Waals surface area (Å²) in [7, 11) is 0. The first-order chi connectivity index (χ1) is 9.11. The van der Waals surface area contributed by atoms with Gasteiger partial charge in [-0.2, -0.15) is 0 Å². The molecule has 1 heterocycles. The van der Waals surface area contributed by atoms with Gasteiger partial charge in [0, 0.05) is 23.7 Å². The Balaban J connectivity index is 2.44. The van der Waals surface area contributed by atoms with Crippen molar-refractivity contribution in [1.82, 2.24) is 4.98 Å². The van der Waals surface area contributed by atoms with Crippen molar-refractivity contribution in [2.24, 2.45) is 5.73 Å². The molecule has 98 valence electrons. The molecule has 0 aliphatic rings. The average molecular weight is 274 g/mol. The van der Waals surface area contributed by atoms with E-state index in [4.69, 9.17) is 11.5 Å². The molecule has 0 bridgehead atoms. The van der Waals surface area contributed by atoms with Gasteiger partial charge in [-0.15, -0.1) is 0 Å². The zero-order valence-electron chi connectivity index (χ0n) is 10.4. The van der Waals surface area contributed by atoms with Gasteiger partial charge in [-0.05, 0) is 23.8 Å². The van der Waals surface area contributed by atoms with Crippen molar-refractivity contribution in [3.8, 4) is 11.1 Å². The highest BCUT2D eigenvalue weighted by Crippen LogP contribution is 2.25. The number of amides is 1. The second kappa shape index (κ2) is 5.62. The molecule has 19 heavy (non-hydrogen) atoms. The monoisotopic (exact) mass is 274 g/mol. The van der Waals surface area contributed by atoms with Gasteiger partial charge in [0.1, 0.15) is 5.82 Å². The SMILES string of the molecule is CSNc1cccc(-c2cnc(N)c(C(N)=O)c2)c1. The Bertz CT molecular complexity index is 615. The number of hydrogen-bond acceptors (Lipinski definition) is 5. The molecule has 2 aromatic rings. The fourth-order valence-corrected chi connectivity index (χ4v) is 2.07. The molecule has 1 aromatic carbocycles. The van der Waals surface area contributed by atoms with E-state index in [-0.39, 0.29) is 11.4 Å². The van der Waals surface area contributed by atoms with Crippen molar-refractivity contribution in [3.05, 3.63) is 42.1 Å². The number of nitrogens with one attached hydrogen (secondary N) is 1. The molecule has 2 rings (SSSR count). The van der Waals surface area contributed by atoms with Gasteiger partial charge >= 0.3 is 0 Å². The second-order valence-electron chi connectivity index (χ2n) is 3.91. The maximum atomic E-state index is 11.3. The predicted molar refractivity (Wildman–Crippen MR) is 79.7 cm³/mol. The molecule has 0 radical (unpaired) electrons. The third-order valence-corrected chi connectivity index (χ3v) is 3.04. The van der Waals surface area contributed by atoms with E-state index in [2.05, 4.69) is 9.71 Å². The van der Waals surface area contributed by atoms with E-state index in [9.17, 15) is 4.79 Å². The molecular weight excluding hydrogens is 260 g/mol. The van der Waals surface area contributed by atoms with Crippen LogP contribution in [0.15, 0.2) is 36.5 Å². The summed E-state index contributed by atoms with van der Waals surface area (Å²) in [4.78, 5) is 15.3. The quantitative estimate of drug-likeness (QED) is 0.742. The van der Waals surface area contributed by atoms with Crippen LogP contribution >= 0.6 is 11.9 Å². The second-order valence-corrected chi connectivity index (χ2v) is 4.52. The number of pyridine rings is 1. The smallest absolute Gasteiger partial charge is 0.252 e. The van der Waals surface area contributed by atoms with Gasteiger partial charge in [0.25, 0.3) is 5.91 Å². The van der Waals surface area contributed by atoms with Gasteiger partial charge in [-0.25, -0.2) is 4.98 Å². The number of primary amides is 1. The molecule has 0 unspecified atom stereocenters. The van der Waals surface area contributed by atoms with Crippen LogP contribution in [0.3, 0.4) is 0 Å². The minimum Gasteiger partial charge on any atom is -0.383 e. The van der Waals surface area contributed by atoms with E-state index in [0.29, 0.717) is 0 Å². The maximum absolute atomic E-state index is 11.3. The number of benzene rings is 1. The van der Waals surface area contributed by atoms with Gasteiger partial charge in [0.05, 0.1) is 5.56 Å². The van der Waals surface area contributed by atoms with Crippen LogP contribution in [0.25, 0.3) is 11.1 Å². The first-order valence-corrected chi connectivity index (χ1v) is 6.79. The highest BCUT2D eigenvalue weighted by molar-refractivity contribution is 7.99. The molecule has 0 aliphatic carbocycles. The van der Waals surface area contributed by atoms with Gasteiger partial charge in [-0.3, -0.25) is 4.79 Å². The van der Waals surface area contributed by atoms with Crippen LogP contribution in [0.5, 0.6) is 0 Å². The van der Waals surface area contributed by atoms with Crippen LogP contribution in [0.1, 0.15) is 10.4 Å². The van der Waals surface area contributed by atoms with Crippen LogP contribution in [0.2, 0.25) is 0 Å². The molecule has 5 N–H and O–H groups in total. The van der Waals surface area contributed by atoms with E-state index in [1.54, 1.807) is 12.3 Å². The summed E-state index contributed by atoms with van der Waals surface area (Å²) < 4.78 is 3.15. The van der Waals surface area contributed by atoms with E-state index in [0.717, 1.165) is 16.8 Å². The summed E-state index contributed by atoms with van der Waals surface area (Å²) in [5, 5.41) is 0. The van der Waals surface area contributed by atoms with E-state index in [1.165, 1.54) is 11.9 Å². The first-order valence-electron chi connectivity index (χ1n) is 5.56. The van der Waals surface area contributed by atoms with Crippen molar-refractivity contribution in [2.45, 2.75) is 0 Å². The summed E-state index contributed by atoms with van der Waals surface area (Å²) in [5.74, 6) is -0.431. The topological polar surface area (TPSA) is 94.0 Å². The Labute approximate surface area is 115 Å². The largest absolute Gasteiger partial charge is 0.383 e. The number of nitrogens with two attached hydrogens (primary N) is 2. The third kappa shape index (κ3) is 2.97. The number of aromatic nitrogens is 1. The van der Waals surface area contributed by atoms with Crippen LogP contribution in [-0.2, 0) is 0 Å². The Hall–Kier alpha value is -2.21. The lowest BCUT2D eigenvalue weighted by Crippen LogP contribution is -2.14. The fraction of sp³-hybridized carbons (Fsp3) is 0.0769. The van der Waals surface area contributed by atoms with Crippen LogP contribution in [0, 0.1) is 0 Å². The molecule has 5 nitrogen and oxygen atoms in total. The molecule has 0 fully saturated rings. The summed E-state index contributed by atoms with van der Waals surface area (Å²) >= 11 is 1.51. The minimum absolute atomic E-state index is 0.148. The predicted octanol–water partition coefficient (Wildman–Crippen LogP) is 2.12. The Morgan fingerprint density at radius 1 is 1.32 bits per heavy atom. The molecule has 0 spiro atoms. The summed E-state index contributed by atoms with van der Waals surface area (Å²) in [6, 6.07) is 9.44. The van der Waals surface area contributed by atoms with Crippen LogP contribution < -0.4 is 16.2 Å². The van der Waals surface area contributed by atoms with E-state index >= 15 is 0 Å². The number of nitrogen functional groups attached to an aromatic ring is 1. The van der Waals surface area contributed by atoms with Gasteiger partial charge in [0.15, 0.2) is 0 Å². The van der Waals surface area contributed by atoms with Gasteiger partial charge in [-0.1, -0.05) is 24.1 Å². The molecule has 0 saturated carbocycles. The minimum atomic E-state index is -0.578. The third-order valence-electron chi connectivity index (χ3n) is 2.60.